The van der Waals surface area contributed by atoms with E-state index in [4.69, 9.17) is 4.74 Å². The first-order valence-electron chi connectivity index (χ1n) is 5.47. The van der Waals surface area contributed by atoms with Crippen molar-refractivity contribution in [1.82, 2.24) is 5.32 Å². The summed E-state index contributed by atoms with van der Waals surface area (Å²) in [5, 5.41) is 6.11. The number of anilines is 1. The molecule has 2 atom stereocenters. The number of halogens is 1. The largest absolute Gasteiger partial charge is 0.383 e. The molecule has 0 aromatic heterocycles. The molecule has 0 saturated heterocycles. The zero-order chi connectivity index (χ0) is 12.4. The average Bonchev–Trinajstić information content (AvgIpc) is 2.56. The second-order valence-electron chi connectivity index (χ2n) is 4.18. The molecule has 1 aromatic carbocycles. The van der Waals surface area contributed by atoms with Crippen LogP contribution in [0.25, 0.3) is 0 Å². The molecule has 1 aliphatic rings. The monoisotopic (exact) mass is 298 g/mol. The van der Waals surface area contributed by atoms with Crippen LogP contribution in [0.5, 0.6) is 0 Å². The van der Waals surface area contributed by atoms with E-state index < -0.39 is 0 Å². The van der Waals surface area contributed by atoms with Gasteiger partial charge in [-0.1, -0.05) is 15.9 Å². The lowest BCUT2D eigenvalue weighted by Crippen LogP contribution is -2.37. The van der Waals surface area contributed by atoms with Crippen LogP contribution in [0, 0.1) is 0 Å². The lowest BCUT2D eigenvalue weighted by molar-refractivity contribution is -0.117. The number of benzene rings is 1. The SMILES string of the molecule is COCC(C)NC1C(=O)Nc2ccc(Br)cc21. The molecule has 92 valence electrons. The molecule has 0 spiro atoms. The summed E-state index contributed by atoms with van der Waals surface area (Å²) in [6, 6.07) is 5.61. The van der Waals surface area contributed by atoms with Crippen LogP contribution in [0.1, 0.15) is 18.5 Å². The molecule has 2 N–H and O–H groups in total. The van der Waals surface area contributed by atoms with Crippen molar-refractivity contribution in [2.75, 3.05) is 19.0 Å². The number of amides is 1. The Hall–Kier alpha value is -0.910. The number of ether oxygens (including phenoxy) is 1. The van der Waals surface area contributed by atoms with E-state index in [2.05, 4.69) is 26.6 Å². The molecule has 0 fully saturated rings. The van der Waals surface area contributed by atoms with E-state index in [1.807, 2.05) is 25.1 Å². The van der Waals surface area contributed by atoms with E-state index in [1.165, 1.54) is 0 Å². The summed E-state index contributed by atoms with van der Waals surface area (Å²) < 4.78 is 6.03. The van der Waals surface area contributed by atoms with Crippen LogP contribution in [0.2, 0.25) is 0 Å². The van der Waals surface area contributed by atoms with Gasteiger partial charge in [0.1, 0.15) is 6.04 Å². The number of carbonyl (C=O) groups excluding carboxylic acids is 1. The Balaban J connectivity index is 2.19. The number of rotatable bonds is 4. The van der Waals surface area contributed by atoms with Gasteiger partial charge in [-0.2, -0.15) is 0 Å². The van der Waals surface area contributed by atoms with E-state index in [0.29, 0.717) is 6.61 Å². The minimum Gasteiger partial charge on any atom is -0.383 e. The zero-order valence-electron chi connectivity index (χ0n) is 9.79. The van der Waals surface area contributed by atoms with Gasteiger partial charge in [-0.3, -0.25) is 10.1 Å². The molecular weight excluding hydrogens is 284 g/mol. The quantitative estimate of drug-likeness (QED) is 0.895. The molecule has 4 nitrogen and oxygen atoms in total. The number of nitrogens with one attached hydrogen (secondary N) is 2. The van der Waals surface area contributed by atoms with Gasteiger partial charge >= 0.3 is 0 Å². The van der Waals surface area contributed by atoms with Gasteiger partial charge < -0.3 is 10.1 Å². The lowest BCUT2D eigenvalue weighted by atomic mass is 10.1. The Labute approximate surface area is 109 Å². The van der Waals surface area contributed by atoms with Gasteiger partial charge in [0.15, 0.2) is 0 Å². The molecule has 17 heavy (non-hydrogen) atoms. The van der Waals surface area contributed by atoms with Crippen LogP contribution in [0.3, 0.4) is 0 Å². The molecule has 1 heterocycles. The molecule has 1 aromatic rings. The Morgan fingerprint density at radius 2 is 2.35 bits per heavy atom. The summed E-state index contributed by atoms with van der Waals surface area (Å²) in [6.07, 6.45) is 0. The molecule has 2 rings (SSSR count). The van der Waals surface area contributed by atoms with Crippen LogP contribution in [-0.4, -0.2) is 25.7 Å². The van der Waals surface area contributed by atoms with E-state index in [1.54, 1.807) is 7.11 Å². The van der Waals surface area contributed by atoms with Crippen molar-refractivity contribution in [3.8, 4) is 0 Å². The summed E-state index contributed by atoms with van der Waals surface area (Å²) in [5.41, 5.74) is 1.85. The molecule has 0 aliphatic carbocycles. The topological polar surface area (TPSA) is 50.4 Å². The first-order valence-corrected chi connectivity index (χ1v) is 6.26. The molecule has 2 unspecified atom stereocenters. The van der Waals surface area contributed by atoms with Gasteiger partial charge in [0.25, 0.3) is 0 Å². The van der Waals surface area contributed by atoms with Crippen molar-refractivity contribution in [1.29, 1.82) is 0 Å². The van der Waals surface area contributed by atoms with Gasteiger partial charge in [-0.25, -0.2) is 0 Å². The first kappa shape index (κ1) is 12.5. The maximum Gasteiger partial charge on any atom is 0.246 e. The van der Waals surface area contributed by atoms with Gasteiger partial charge in [0.2, 0.25) is 5.91 Å². The number of hydrogen-bond donors (Lipinski definition) is 2. The van der Waals surface area contributed by atoms with Crippen LogP contribution in [-0.2, 0) is 9.53 Å². The predicted octanol–water partition coefficient (Wildman–Crippen LogP) is 2.07. The van der Waals surface area contributed by atoms with E-state index >= 15 is 0 Å². The van der Waals surface area contributed by atoms with Crippen molar-refractivity contribution < 1.29 is 9.53 Å². The van der Waals surface area contributed by atoms with Crippen LogP contribution in [0.15, 0.2) is 22.7 Å². The van der Waals surface area contributed by atoms with E-state index in [-0.39, 0.29) is 18.0 Å². The zero-order valence-corrected chi connectivity index (χ0v) is 11.4. The third-order valence-electron chi connectivity index (χ3n) is 2.71. The van der Waals surface area contributed by atoms with Crippen LogP contribution in [0.4, 0.5) is 5.69 Å². The number of methoxy groups -OCH3 is 1. The first-order chi connectivity index (χ1) is 8.11. The fourth-order valence-electron chi connectivity index (χ4n) is 1.98. The summed E-state index contributed by atoms with van der Waals surface area (Å²) in [5.74, 6) is -0.0129. The van der Waals surface area contributed by atoms with E-state index in [9.17, 15) is 4.79 Å². The Morgan fingerprint density at radius 3 is 3.06 bits per heavy atom. The van der Waals surface area contributed by atoms with Crippen molar-refractivity contribution in [3.05, 3.63) is 28.2 Å². The lowest BCUT2D eigenvalue weighted by Gasteiger charge is -2.17. The van der Waals surface area contributed by atoms with Crippen molar-refractivity contribution in [2.24, 2.45) is 0 Å². The fourth-order valence-corrected chi connectivity index (χ4v) is 2.36. The Morgan fingerprint density at radius 1 is 1.59 bits per heavy atom. The Bertz CT molecular complexity index is 437. The summed E-state index contributed by atoms with van der Waals surface area (Å²) in [6.45, 7) is 2.57. The summed E-state index contributed by atoms with van der Waals surface area (Å²) in [4.78, 5) is 11.9. The van der Waals surface area contributed by atoms with E-state index in [0.717, 1.165) is 15.7 Å². The third-order valence-corrected chi connectivity index (χ3v) is 3.21. The fraction of sp³-hybridized carbons (Fsp3) is 0.417. The molecule has 1 amide bonds. The van der Waals surface area contributed by atoms with Crippen molar-refractivity contribution in [2.45, 2.75) is 19.0 Å². The number of hydrogen-bond acceptors (Lipinski definition) is 3. The summed E-state index contributed by atoms with van der Waals surface area (Å²) >= 11 is 3.42. The maximum atomic E-state index is 11.9. The minimum atomic E-state index is -0.298. The average molecular weight is 299 g/mol. The highest BCUT2D eigenvalue weighted by Gasteiger charge is 2.31. The minimum absolute atomic E-state index is 0.0129. The maximum absolute atomic E-state index is 11.9. The second kappa shape index (κ2) is 5.16. The highest BCUT2D eigenvalue weighted by molar-refractivity contribution is 9.10. The van der Waals surface area contributed by atoms with Gasteiger partial charge in [-0.05, 0) is 25.1 Å². The predicted molar refractivity (Wildman–Crippen MR) is 70.0 cm³/mol. The van der Waals surface area contributed by atoms with Crippen LogP contribution < -0.4 is 10.6 Å². The Kier molecular flexibility index (Phi) is 3.81. The van der Waals surface area contributed by atoms with Crippen molar-refractivity contribution in [3.63, 3.8) is 0 Å². The highest BCUT2D eigenvalue weighted by atomic mass is 79.9. The molecule has 0 bridgehead atoms. The number of carbonyl (C=O) groups is 1. The standard InChI is InChI=1S/C12H15BrN2O2/c1-7(6-17-2)14-11-9-5-8(13)3-4-10(9)15-12(11)16/h3-5,7,11,14H,6H2,1-2H3,(H,15,16). The number of fused-ring (bicyclic) bond motifs is 1. The normalized spacial score (nSPS) is 19.9. The molecule has 0 saturated carbocycles. The van der Waals surface area contributed by atoms with Crippen molar-refractivity contribution >= 4 is 27.5 Å². The molecular formula is C12H15BrN2O2. The molecule has 5 heteroatoms. The smallest absolute Gasteiger partial charge is 0.246 e. The molecule has 1 aliphatic heterocycles. The highest BCUT2D eigenvalue weighted by Crippen LogP contribution is 2.33. The second-order valence-corrected chi connectivity index (χ2v) is 5.09. The van der Waals surface area contributed by atoms with Crippen LogP contribution >= 0.6 is 15.9 Å². The summed E-state index contributed by atoms with van der Waals surface area (Å²) in [7, 11) is 1.65. The molecule has 0 radical (unpaired) electrons. The van der Waals surface area contributed by atoms with Gasteiger partial charge in [0, 0.05) is 28.9 Å². The van der Waals surface area contributed by atoms with Gasteiger partial charge in [0.05, 0.1) is 6.61 Å². The third kappa shape index (κ3) is 2.68. The van der Waals surface area contributed by atoms with Gasteiger partial charge in [-0.15, -0.1) is 0 Å².